The van der Waals surface area contributed by atoms with Crippen molar-refractivity contribution in [2.75, 3.05) is 6.61 Å². The van der Waals surface area contributed by atoms with Gasteiger partial charge in [-0.15, -0.1) is 0 Å². The Kier molecular flexibility index (Phi) is 8.26. The van der Waals surface area contributed by atoms with Crippen molar-refractivity contribution < 1.29 is 19.2 Å². The normalized spacial score (nSPS) is 10.3. The Morgan fingerprint density at radius 2 is 2.00 bits per heavy atom. The largest absolute Gasteiger partial charge is 0.466 e. The number of esters is 1. The zero-order valence-corrected chi connectivity index (χ0v) is 13.8. The van der Waals surface area contributed by atoms with E-state index in [4.69, 9.17) is 16.3 Å². The molecule has 0 aromatic heterocycles. The van der Waals surface area contributed by atoms with Crippen LogP contribution in [0, 0.1) is 10.1 Å². The fourth-order valence-corrected chi connectivity index (χ4v) is 2.58. The quantitative estimate of drug-likeness (QED) is 0.210. The van der Waals surface area contributed by atoms with Crippen LogP contribution in [0.2, 0.25) is 5.02 Å². The number of carbonyl (C=O) groups excluding carboxylic acids is 2. The van der Waals surface area contributed by atoms with Gasteiger partial charge in [-0.2, -0.15) is 0 Å². The maximum atomic E-state index is 11.2. The average Bonchev–Trinajstić information content (AvgIpc) is 2.51. The molecular formula is C16H20ClNO5. The second kappa shape index (κ2) is 9.94. The first kappa shape index (κ1) is 19.1. The summed E-state index contributed by atoms with van der Waals surface area (Å²) in [5.74, 6) is -0.204. The number of carbonyl (C=O) groups is 2. The van der Waals surface area contributed by atoms with Gasteiger partial charge in [-0.25, -0.2) is 0 Å². The van der Waals surface area contributed by atoms with E-state index >= 15 is 0 Å². The second-order valence-electron chi connectivity index (χ2n) is 5.06. The van der Waals surface area contributed by atoms with Gasteiger partial charge in [0.05, 0.1) is 22.1 Å². The summed E-state index contributed by atoms with van der Waals surface area (Å²) in [4.78, 5) is 32.7. The van der Waals surface area contributed by atoms with E-state index in [2.05, 4.69) is 0 Å². The summed E-state index contributed by atoms with van der Waals surface area (Å²) in [6.45, 7) is 2.15. The van der Waals surface area contributed by atoms with Gasteiger partial charge in [0.25, 0.3) is 5.69 Å². The number of halogens is 1. The smallest absolute Gasteiger partial charge is 0.305 e. The van der Waals surface area contributed by atoms with Crippen molar-refractivity contribution in [3.8, 4) is 0 Å². The first-order valence-corrected chi connectivity index (χ1v) is 7.95. The predicted molar refractivity (Wildman–Crippen MR) is 86.9 cm³/mol. The van der Waals surface area contributed by atoms with E-state index in [9.17, 15) is 19.7 Å². The molecule has 0 fully saturated rings. The molecule has 0 spiro atoms. The molecule has 1 aromatic rings. The minimum Gasteiger partial charge on any atom is -0.466 e. The van der Waals surface area contributed by atoms with Crippen LogP contribution in [0.4, 0.5) is 5.69 Å². The molecule has 0 amide bonds. The molecule has 0 atom stereocenters. The molecule has 0 aliphatic rings. The van der Waals surface area contributed by atoms with Gasteiger partial charge in [0.2, 0.25) is 0 Å². The molecule has 6 nitrogen and oxygen atoms in total. The predicted octanol–water partition coefficient (Wildman–Crippen LogP) is 4.12. The van der Waals surface area contributed by atoms with E-state index < -0.39 is 4.92 Å². The van der Waals surface area contributed by atoms with Crippen molar-refractivity contribution in [1.29, 1.82) is 0 Å². The third-order valence-corrected chi connectivity index (χ3v) is 3.78. The lowest BCUT2D eigenvalue weighted by Gasteiger charge is -2.07. The summed E-state index contributed by atoms with van der Waals surface area (Å²) in [7, 11) is 0. The first-order valence-electron chi connectivity index (χ1n) is 7.57. The van der Waals surface area contributed by atoms with E-state index in [1.54, 1.807) is 6.92 Å². The Bertz CT molecular complexity index is 574. The number of nitro groups is 1. The SMILES string of the molecule is CCOC(=O)CCCCCCc1c(Cl)ccc(C=O)c1[N+](=O)[O-]. The number of benzene rings is 1. The van der Waals surface area contributed by atoms with Crippen molar-refractivity contribution in [3.05, 3.63) is 38.4 Å². The Labute approximate surface area is 139 Å². The number of nitro benzene ring substituents is 1. The molecule has 1 rings (SSSR count). The van der Waals surface area contributed by atoms with Gasteiger partial charge in [0.15, 0.2) is 6.29 Å². The Hall–Kier alpha value is -1.95. The molecule has 7 heteroatoms. The van der Waals surface area contributed by atoms with Crippen LogP contribution in [0.1, 0.15) is 54.9 Å². The van der Waals surface area contributed by atoms with Crippen LogP contribution in [-0.2, 0) is 16.0 Å². The molecular weight excluding hydrogens is 322 g/mol. The maximum Gasteiger partial charge on any atom is 0.305 e. The molecule has 1 aromatic carbocycles. The second-order valence-corrected chi connectivity index (χ2v) is 5.47. The topological polar surface area (TPSA) is 86.5 Å². The Morgan fingerprint density at radius 3 is 2.61 bits per heavy atom. The van der Waals surface area contributed by atoms with E-state index in [1.807, 2.05) is 0 Å². The van der Waals surface area contributed by atoms with Gasteiger partial charge in [-0.05, 0) is 38.3 Å². The number of rotatable bonds is 10. The standard InChI is InChI=1S/C16H20ClNO5/c1-2-23-15(20)8-6-4-3-5-7-13-14(17)10-9-12(11-19)16(13)18(21)22/h9-11H,2-8H2,1H3. The highest BCUT2D eigenvalue weighted by Crippen LogP contribution is 2.31. The van der Waals surface area contributed by atoms with Crippen LogP contribution in [0.3, 0.4) is 0 Å². The number of nitrogens with zero attached hydrogens (tertiary/aromatic N) is 1. The highest BCUT2D eigenvalue weighted by molar-refractivity contribution is 6.31. The average molecular weight is 342 g/mol. The number of unbranched alkanes of at least 4 members (excludes halogenated alkanes) is 3. The number of aldehydes is 1. The molecule has 0 aliphatic heterocycles. The summed E-state index contributed by atoms with van der Waals surface area (Å²) in [6, 6.07) is 2.87. The third-order valence-electron chi connectivity index (χ3n) is 3.43. The lowest BCUT2D eigenvalue weighted by atomic mass is 10.0. The highest BCUT2D eigenvalue weighted by Gasteiger charge is 2.21. The van der Waals surface area contributed by atoms with E-state index in [0.29, 0.717) is 42.7 Å². The van der Waals surface area contributed by atoms with Gasteiger partial charge < -0.3 is 4.74 Å². The van der Waals surface area contributed by atoms with Gasteiger partial charge in [0.1, 0.15) is 0 Å². The fourth-order valence-electron chi connectivity index (χ4n) is 2.34. The molecule has 0 N–H and O–H groups in total. The molecule has 0 radical (unpaired) electrons. The summed E-state index contributed by atoms with van der Waals surface area (Å²) < 4.78 is 4.84. The van der Waals surface area contributed by atoms with Crippen molar-refractivity contribution in [2.24, 2.45) is 0 Å². The molecule has 23 heavy (non-hydrogen) atoms. The number of hydrogen-bond acceptors (Lipinski definition) is 5. The lowest BCUT2D eigenvalue weighted by molar-refractivity contribution is -0.385. The van der Waals surface area contributed by atoms with Crippen LogP contribution < -0.4 is 0 Å². The van der Waals surface area contributed by atoms with Gasteiger partial charge in [-0.1, -0.05) is 24.4 Å². The zero-order valence-electron chi connectivity index (χ0n) is 13.0. The molecule has 0 bridgehead atoms. The fraction of sp³-hybridized carbons (Fsp3) is 0.500. The summed E-state index contributed by atoms with van der Waals surface area (Å²) in [6.07, 6.45) is 4.35. The minimum atomic E-state index is -0.564. The summed E-state index contributed by atoms with van der Waals surface area (Å²) >= 11 is 6.04. The molecule has 0 saturated heterocycles. The molecule has 0 saturated carbocycles. The Morgan fingerprint density at radius 1 is 1.30 bits per heavy atom. The van der Waals surface area contributed by atoms with E-state index in [-0.39, 0.29) is 17.2 Å². The van der Waals surface area contributed by atoms with Crippen LogP contribution in [-0.4, -0.2) is 23.8 Å². The molecule has 0 aliphatic carbocycles. The summed E-state index contributed by atoms with van der Waals surface area (Å²) in [5.41, 5.74) is 0.224. The van der Waals surface area contributed by atoms with Gasteiger partial charge in [-0.3, -0.25) is 19.7 Å². The zero-order chi connectivity index (χ0) is 17.2. The van der Waals surface area contributed by atoms with Crippen LogP contribution in [0.25, 0.3) is 0 Å². The van der Waals surface area contributed by atoms with Crippen LogP contribution >= 0.6 is 11.6 Å². The Balaban J connectivity index is 2.53. The van der Waals surface area contributed by atoms with E-state index in [1.165, 1.54) is 12.1 Å². The van der Waals surface area contributed by atoms with Crippen molar-refractivity contribution >= 4 is 29.5 Å². The summed E-state index contributed by atoms with van der Waals surface area (Å²) in [5, 5.41) is 11.5. The van der Waals surface area contributed by atoms with E-state index in [0.717, 1.165) is 19.3 Å². The van der Waals surface area contributed by atoms with Crippen molar-refractivity contribution in [1.82, 2.24) is 0 Å². The monoisotopic (exact) mass is 341 g/mol. The van der Waals surface area contributed by atoms with Crippen LogP contribution in [0.15, 0.2) is 12.1 Å². The van der Waals surface area contributed by atoms with Gasteiger partial charge >= 0.3 is 5.97 Å². The first-order chi connectivity index (χ1) is 11.0. The van der Waals surface area contributed by atoms with Crippen molar-refractivity contribution in [3.63, 3.8) is 0 Å². The molecule has 126 valence electrons. The maximum absolute atomic E-state index is 11.2. The molecule has 0 unspecified atom stereocenters. The minimum absolute atomic E-state index is 0.0386. The number of hydrogen-bond donors (Lipinski definition) is 0. The van der Waals surface area contributed by atoms with Gasteiger partial charge in [0, 0.05) is 12.0 Å². The lowest BCUT2D eigenvalue weighted by Crippen LogP contribution is -2.03. The highest BCUT2D eigenvalue weighted by atomic mass is 35.5. The third kappa shape index (κ3) is 5.98. The van der Waals surface area contributed by atoms with Crippen molar-refractivity contribution in [2.45, 2.75) is 45.4 Å². The van der Waals surface area contributed by atoms with Crippen LogP contribution in [0.5, 0.6) is 0 Å². The molecule has 0 heterocycles. The number of ether oxygens (including phenoxy) is 1.